The molecule has 0 saturated carbocycles. The van der Waals surface area contributed by atoms with Gasteiger partial charge in [-0.15, -0.1) is 0 Å². The summed E-state index contributed by atoms with van der Waals surface area (Å²) in [6.45, 7) is 4.14. The van der Waals surface area contributed by atoms with E-state index in [0.29, 0.717) is 23.9 Å². The molecule has 0 aliphatic carbocycles. The van der Waals surface area contributed by atoms with E-state index in [1.807, 2.05) is 0 Å². The first-order valence-corrected chi connectivity index (χ1v) is 7.42. The quantitative estimate of drug-likeness (QED) is 0.835. The van der Waals surface area contributed by atoms with Crippen LogP contribution in [0.2, 0.25) is 0 Å². The highest BCUT2D eigenvalue weighted by Gasteiger charge is 2.21. The highest BCUT2D eigenvalue weighted by Crippen LogP contribution is 2.19. The maximum Gasteiger partial charge on any atom is 0.231 e. The third kappa shape index (κ3) is 3.09. The predicted octanol–water partition coefficient (Wildman–Crippen LogP) is 0.560. The monoisotopic (exact) mass is 277 g/mol. The van der Waals surface area contributed by atoms with Gasteiger partial charge < -0.3 is 20.9 Å². The Morgan fingerprint density at radius 1 is 1.10 bits per heavy atom. The molecule has 1 aromatic rings. The molecule has 2 saturated heterocycles. The molecule has 2 aliphatic heterocycles. The lowest BCUT2D eigenvalue weighted by atomic mass is 10.1. The van der Waals surface area contributed by atoms with Crippen molar-refractivity contribution in [3.05, 3.63) is 0 Å². The average molecular weight is 277 g/mol. The zero-order valence-corrected chi connectivity index (χ0v) is 12.0. The van der Waals surface area contributed by atoms with E-state index in [1.54, 1.807) is 0 Å². The lowest BCUT2D eigenvalue weighted by molar-refractivity contribution is 0.414. The van der Waals surface area contributed by atoms with Gasteiger partial charge in [0.05, 0.1) is 0 Å². The number of nitrogen functional groups attached to an aromatic ring is 1. The summed E-state index contributed by atoms with van der Waals surface area (Å²) < 4.78 is 0. The lowest BCUT2D eigenvalue weighted by Gasteiger charge is -2.27. The number of piperidine rings is 1. The van der Waals surface area contributed by atoms with E-state index in [1.165, 1.54) is 19.3 Å². The summed E-state index contributed by atoms with van der Waals surface area (Å²) in [5.41, 5.74) is 5.83. The Morgan fingerprint density at radius 2 is 1.90 bits per heavy atom. The summed E-state index contributed by atoms with van der Waals surface area (Å²) in [5.74, 6) is 1.62. The Balaban J connectivity index is 1.72. The molecule has 110 valence electrons. The van der Waals surface area contributed by atoms with Gasteiger partial charge in [0.15, 0.2) is 0 Å². The highest BCUT2D eigenvalue weighted by atomic mass is 15.3. The van der Waals surface area contributed by atoms with Gasteiger partial charge in [-0.05, 0) is 39.3 Å². The molecule has 3 heterocycles. The van der Waals surface area contributed by atoms with Crippen LogP contribution in [0.5, 0.6) is 0 Å². The van der Waals surface area contributed by atoms with Gasteiger partial charge in [0.25, 0.3) is 0 Å². The Labute approximate surface area is 119 Å². The standard InChI is InChI=1S/C13H23N7/c1-19-8-5-10(9-19)15-12-16-11(14)17-13(18-12)20-6-3-2-4-7-20/h10H,2-9H2,1H3,(H3,14,15,16,17,18). The number of hydrogen-bond donors (Lipinski definition) is 2. The molecule has 1 atom stereocenters. The van der Waals surface area contributed by atoms with Crippen molar-refractivity contribution in [2.75, 3.05) is 49.2 Å². The van der Waals surface area contributed by atoms with Crippen LogP contribution in [0.15, 0.2) is 0 Å². The zero-order chi connectivity index (χ0) is 13.9. The van der Waals surface area contributed by atoms with Crippen molar-refractivity contribution < 1.29 is 0 Å². The number of rotatable bonds is 3. The first-order chi connectivity index (χ1) is 9.70. The van der Waals surface area contributed by atoms with Crippen LogP contribution in [-0.2, 0) is 0 Å². The number of aromatic nitrogens is 3. The first-order valence-electron chi connectivity index (χ1n) is 7.42. The molecular weight excluding hydrogens is 254 g/mol. The summed E-state index contributed by atoms with van der Waals surface area (Å²) in [6, 6.07) is 0.399. The lowest BCUT2D eigenvalue weighted by Crippen LogP contribution is -2.32. The maximum absolute atomic E-state index is 5.83. The second-order valence-corrected chi connectivity index (χ2v) is 5.76. The van der Waals surface area contributed by atoms with E-state index < -0.39 is 0 Å². The molecule has 0 amide bonds. The van der Waals surface area contributed by atoms with Gasteiger partial charge in [0.1, 0.15) is 0 Å². The number of anilines is 3. The van der Waals surface area contributed by atoms with Crippen molar-refractivity contribution in [2.24, 2.45) is 0 Å². The molecule has 3 N–H and O–H groups in total. The Morgan fingerprint density at radius 3 is 2.60 bits per heavy atom. The van der Waals surface area contributed by atoms with E-state index in [2.05, 4.69) is 37.1 Å². The maximum atomic E-state index is 5.83. The minimum Gasteiger partial charge on any atom is -0.368 e. The second-order valence-electron chi connectivity index (χ2n) is 5.76. The minimum atomic E-state index is 0.300. The molecule has 1 unspecified atom stereocenters. The van der Waals surface area contributed by atoms with Crippen LogP contribution >= 0.6 is 0 Å². The Bertz CT molecular complexity index is 458. The fourth-order valence-electron chi connectivity index (χ4n) is 2.92. The van der Waals surface area contributed by atoms with Crippen LogP contribution in [0.1, 0.15) is 25.7 Å². The molecule has 2 fully saturated rings. The second kappa shape index (κ2) is 5.78. The number of nitrogens with one attached hydrogen (secondary N) is 1. The molecule has 7 nitrogen and oxygen atoms in total. The largest absolute Gasteiger partial charge is 0.368 e. The van der Waals surface area contributed by atoms with Crippen molar-refractivity contribution >= 4 is 17.8 Å². The molecule has 0 aromatic carbocycles. The molecular formula is C13H23N7. The van der Waals surface area contributed by atoms with Crippen LogP contribution in [0.25, 0.3) is 0 Å². The van der Waals surface area contributed by atoms with Crippen molar-refractivity contribution in [3.8, 4) is 0 Å². The van der Waals surface area contributed by atoms with Crippen molar-refractivity contribution in [2.45, 2.75) is 31.7 Å². The molecule has 20 heavy (non-hydrogen) atoms. The van der Waals surface area contributed by atoms with Gasteiger partial charge in [0.2, 0.25) is 17.8 Å². The molecule has 0 bridgehead atoms. The molecule has 0 spiro atoms. The van der Waals surface area contributed by atoms with Crippen LogP contribution in [0.4, 0.5) is 17.8 Å². The number of nitrogens with zero attached hydrogens (tertiary/aromatic N) is 5. The van der Waals surface area contributed by atoms with Gasteiger partial charge in [-0.2, -0.15) is 15.0 Å². The van der Waals surface area contributed by atoms with Crippen molar-refractivity contribution in [1.82, 2.24) is 19.9 Å². The molecule has 7 heteroatoms. The smallest absolute Gasteiger partial charge is 0.231 e. The van der Waals surface area contributed by atoms with Crippen LogP contribution in [-0.4, -0.2) is 59.1 Å². The summed E-state index contributed by atoms with van der Waals surface area (Å²) in [4.78, 5) is 17.5. The zero-order valence-electron chi connectivity index (χ0n) is 12.0. The summed E-state index contributed by atoms with van der Waals surface area (Å²) in [6.07, 6.45) is 4.79. The van der Waals surface area contributed by atoms with Gasteiger partial charge >= 0.3 is 0 Å². The third-order valence-electron chi connectivity index (χ3n) is 4.00. The highest BCUT2D eigenvalue weighted by molar-refractivity contribution is 5.42. The summed E-state index contributed by atoms with van der Waals surface area (Å²) in [7, 11) is 2.13. The first kappa shape index (κ1) is 13.4. The fourth-order valence-corrected chi connectivity index (χ4v) is 2.92. The molecule has 1 aromatic heterocycles. The summed E-state index contributed by atoms with van der Waals surface area (Å²) >= 11 is 0. The Hall–Kier alpha value is -1.63. The van der Waals surface area contributed by atoms with Crippen molar-refractivity contribution in [3.63, 3.8) is 0 Å². The van der Waals surface area contributed by atoms with Crippen LogP contribution in [0, 0.1) is 0 Å². The molecule has 3 rings (SSSR count). The predicted molar refractivity (Wildman–Crippen MR) is 79.8 cm³/mol. The normalized spacial score (nSPS) is 24.1. The van der Waals surface area contributed by atoms with Crippen LogP contribution < -0.4 is 16.0 Å². The number of hydrogen-bond acceptors (Lipinski definition) is 7. The Kier molecular flexibility index (Phi) is 3.86. The molecule has 0 radical (unpaired) electrons. The van der Waals surface area contributed by atoms with E-state index in [-0.39, 0.29) is 0 Å². The van der Waals surface area contributed by atoms with Gasteiger partial charge in [-0.25, -0.2) is 0 Å². The van der Waals surface area contributed by atoms with Gasteiger partial charge in [0, 0.05) is 25.7 Å². The van der Waals surface area contributed by atoms with Gasteiger partial charge in [-0.1, -0.05) is 0 Å². The van der Waals surface area contributed by atoms with E-state index in [9.17, 15) is 0 Å². The van der Waals surface area contributed by atoms with E-state index in [4.69, 9.17) is 5.73 Å². The van der Waals surface area contributed by atoms with E-state index in [0.717, 1.165) is 32.6 Å². The number of nitrogens with two attached hydrogens (primary N) is 1. The number of likely N-dealkylation sites (N-methyl/N-ethyl adjacent to an activating group) is 1. The summed E-state index contributed by atoms with van der Waals surface area (Å²) in [5, 5.41) is 3.38. The fraction of sp³-hybridized carbons (Fsp3) is 0.769. The minimum absolute atomic E-state index is 0.300. The van der Waals surface area contributed by atoms with Gasteiger partial charge in [-0.3, -0.25) is 0 Å². The van der Waals surface area contributed by atoms with Crippen molar-refractivity contribution in [1.29, 1.82) is 0 Å². The average Bonchev–Trinajstić information content (AvgIpc) is 2.84. The SMILES string of the molecule is CN1CCC(Nc2nc(N)nc(N3CCCCC3)n2)C1. The topological polar surface area (TPSA) is 83.2 Å². The molecule has 2 aliphatic rings. The number of likely N-dealkylation sites (tertiary alicyclic amines) is 1. The third-order valence-corrected chi connectivity index (χ3v) is 4.00. The van der Waals surface area contributed by atoms with Crippen LogP contribution in [0.3, 0.4) is 0 Å². The van der Waals surface area contributed by atoms with E-state index >= 15 is 0 Å².